The van der Waals surface area contributed by atoms with E-state index in [0.29, 0.717) is 17.7 Å². The minimum Gasteiger partial charge on any atom is -0.388 e. The van der Waals surface area contributed by atoms with Crippen LogP contribution in [0.5, 0.6) is 0 Å². The Morgan fingerprint density at radius 3 is 2.89 bits per heavy atom. The summed E-state index contributed by atoms with van der Waals surface area (Å²) in [5, 5.41) is 10.2. The molecule has 19 heavy (non-hydrogen) atoms. The van der Waals surface area contributed by atoms with E-state index in [1.807, 2.05) is 24.3 Å². The van der Waals surface area contributed by atoms with Gasteiger partial charge in [-0.15, -0.1) is 0 Å². The Bertz CT molecular complexity index is 561. The number of allylic oxidation sites excluding steroid dienone is 2. The van der Waals surface area contributed by atoms with E-state index in [1.165, 1.54) is 4.90 Å². The summed E-state index contributed by atoms with van der Waals surface area (Å²) in [5.74, 6) is 0. The molecule has 1 aromatic carbocycles. The van der Waals surface area contributed by atoms with Crippen LogP contribution in [-0.2, 0) is 6.42 Å². The number of nitrogens with zero attached hydrogens (tertiary/aromatic N) is 1. The monoisotopic (exact) mass is 256 g/mol. The summed E-state index contributed by atoms with van der Waals surface area (Å²) in [7, 11) is 0. The number of aliphatic hydroxyl groups excluding tert-OH is 1. The number of rotatable bonds is 2. The number of fused-ring (bicyclic) bond motifs is 1. The zero-order valence-electron chi connectivity index (χ0n) is 10.5. The maximum atomic E-state index is 11.6. The van der Waals surface area contributed by atoms with Crippen molar-refractivity contribution in [2.24, 2.45) is 5.73 Å². The maximum Gasteiger partial charge on any atom is 0.323 e. The van der Waals surface area contributed by atoms with Crippen molar-refractivity contribution in [3.05, 3.63) is 66.4 Å². The number of hydrogen-bond donors (Lipinski definition) is 2. The van der Waals surface area contributed by atoms with Crippen LogP contribution in [0.1, 0.15) is 5.56 Å². The second kappa shape index (κ2) is 5.54. The number of para-hydroxylation sites is 1. The van der Waals surface area contributed by atoms with Crippen LogP contribution >= 0.6 is 0 Å². The molecule has 1 unspecified atom stereocenters. The van der Waals surface area contributed by atoms with E-state index in [0.717, 1.165) is 5.56 Å². The molecule has 98 valence electrons. The highest BCUT2D eigenvalue weighted by atomic mass is 16.3. The molecule has 0 aliphatic carbocycles. The number of nitrogens with two attached hydrogens (primary N) is 1. The molecule has 0 spiro atoms. The quantitative estimate of drug-likeness (QED) is 0.796. The Morgan fingerprint density at radius 2 is 2.21 bits per heavy atom. The lowest BCUT2D eigenvalue weighted by molar-refractivity contribution is 0.216. The number of urea groups is 1. The van der Waals surface area contributed by atoms with E-state index >= 15 is 0 Å². The molecule has 2 rings (SSSR count). The Kier molecular flexibility index (Phi) is 3.82. The predicted molar refractivity (Wildman–Crippen MR) is 75.6 cm³/mol. The number of aliphatic hydroxyl groups is 1. The van der Waals surface area contributed by atoms with Crippen LogP contribution in [0.2, 0.25) is 0 Å². The molecular weight excluding hydrogens is 240 g/mol. The van der Waals surface area contributed by atoms with Crippen LogP contribution in [0.25, 0.3) is 0 Å². The summed E-state index contributed by atoms with van der Waals surface area (Å²) < 4.78 is 0. The lowest BCUT2D eigenvalue weighted by Crippen LogP contribution is -2.31. The first-order valence-electron chi connectivity index (χ1n) is 5.99. The van der Waals surface area contributed by atoms with E-state index in [2.05, 4.69) is 6.58 Å². The van der Waals surface area contributed by atoms with Gasteiger partial charge < -0.3 is 10.8 Å². The highest BCUT2D eigenvalue weighted by molar-refractivity contribution is 5.94. The second-order valence-electron chi connectivity index (χ2n) is 4.28. The summed E-state index contributed by atoms with van der Waals surface area (Å²) in [5.41, 5.74) is 7.61. The molecule has 0 bridgehead atoms. The van der Waals surface area contributed by atoms with Crippen LogP contribution in [0.3, 0.4) is 0 Å². The summed E-state index contributed by atoms with van der Waals surface area (Å²) in [6.45, 7) is 3.59. The van der Waals surface area contributed by atoms with Crippen LogP contribution < -0.4 is 10.6 Å². The molecule has 1 aliphatic heterocycles. The van der Waals surface area contributed by atoms with Crippen molar-refractivity contribution in [3.8, 4) is 0 Å². The van der Waals surface area contributed by atoms with Crippen molar-refractivity contribution in [2.45, 2.75) is 12.5 Å². The third-order valence-electron chi connectivity index (χ3n) is 2.99. The number of carbonyl (C=O) groups excluding carboxylic acids is 1. The van der Waals surface area contributed by atoms with Crippen LogP contribution in [-0.4, -0.2) is 17.2 Å². The molecule has 0 aromatic heterocycles. The Labute approximate surface area is 112 Å². The number of benzene rings is 1. The smallest absolute Gasteiger partial charge is 0.323 e. The van der Waals surface area contributed by atoms with Gasteiger partial charge in [-0.2, -0.15) is 0 Å². The minimum absolute atomic E-state index is 0.438. The van der Waals surface area contributed by atoms with Gasteiger partial charge in [-0.25, -0.2) is 4.79 Å². The number of anilines is 1. The van der Waals surface area contributed by atoms with Crippen molar-refractivity contribution in [2.75, 3.05) is 4.90 Å². The van der Waals surface area contributed by atoms with Crippen molar-refractivity contribution >= 4 is 11.7 Å². The topological polar surface area (TPSA) is 66.6 Å². The van der Waals surface area contributed by atoms with Crippen LogP contribution in [0, 0.1) is 0 Å². The fourth-order valence-corrected chi connectivity index (χ4v) is 2.06. The van der Waals surface area contributed by atoms with Gasteiger partial charge in [0, 0.05) is 12.6 Å². The first-order valence-corrected chi connectivity index (χ1v) is 5.99. The van der Waals surface area contributed by atoms with Crippen LogP contribution in [0.15, 0.2) is 60.8 Å². The van der Waals surface area contributed by atoms with Gasteiger partial charge in [-0.1, -0.05) is 43.0 Å². The van der Waals surface area contributed by atoms with Crippen molar-refractivity contribution in [3.63, 3.8) is 0 Å². The molecule has 3 N–H and O–H groups in total. The number of primary amides is 1. The average Bonchev–Trinajstić information content (AvgIpc) is 2.53. The van der Waals surface area contributed by atoms with Crippen molar-refractivity contribution in [1.29, 1.82) is 0 Å². The van der Waals surface area contributed by atoms with Gasteiger partial charge >= 0.3 is 6.03 Å². The van der Waals surface area contributed by atoms with E-state index in [9.17, 15) is 9.90 Å². The first kappa shape index (κ1) is 13.1. The Morgan fingerprint density at radius 1 is 1.47 bits per heavy atom. The SMILES string of the molecule is C=C/C=C\C1=CN(C(N)=O)c2ccccc2CC1O. The lowest BCUT2D eigenvalue weighted by Gasteiger charge is -2.17. The molecule has 0 saturated heterocycles. The van der Waals surface area contributed by atoms with Crippen LogP contribution in [0.4, 0.5) is 10.5 Å². The molecular formula is C15H16N2O2. The Hall–Kier alpha value is -2.33. The molecule has 1 heterocycles. The first-order chi connectivity index (χ1) is 9.13. The number of amides is 2. The largest absolute Gasteiger partial charge is 0.388 e. The summed E-state index contributed by atoms with van der Waals surface area (Å²) >= 11 is 0. The molecule has 1 aliphatic rings. The summed E-state index contributed by atoms with van der Waals surface area (Å²) in [4.78, 5) is 12.9. The third-order valence-corrected chi connectivity index (χ3v) is 2.99. The number of carbonyl (C=O) groups is 1. The van der Waals surface area contributed by atoms with Gasteiger partial charge in [-0.05, 0) is 17.2 Å². The maximum absolute atomic E-state index is 11.6. The minimum atomic E-state index is -0.679. The molecule has 0 radical (unpaired) electrons. The molecule has 2 amide bonds. The fourth-order valence-electron chi connectivity index (χ4n) is 2.06. The van der Waals surface area contributed by atoms with Gasteiger partial charge in [0.1, 0.15) is 0 Å². The summed E-state index contributed by atoms with van der Waals surface area (Å²) in [6.07, 6.45) is 6.37. The predicted octanol–water partition coefficient (Wildman–Crippen LogP) is 2.11. The van der Waals surface area contributed by atoms with Crippen molar-refractivity contribution < 1.29 is 9.90 Å². The third kappa shape index (κ3) is 2.74. The van der Waals surface area contributed by atoms with E-state index < -0.39 is 12.1 Å². The molecule has 0 saturated carbocycles. The van der Waals surface area contributed by atoms with E-state index in [-0.39, 0.29) is 0 Å². The summed E-state index contributed by atoms with van der Waals surface area (Å²) in [6, 6.07) is 6.81. The van der Waals surface area contributed by atoms with E-state index in [4.69, 9.17) is 5.73 Å². The highest BCUT2D eigenvalue weighted by Crippen LogP contribution is 2.28. The Balaban J connectivity index is 2.51. The highest BCUT2D eigenvalue weighted by Gasteiger charge is 2.22. The van der Waals surface area contributed by atoms with Gasteiger partial charge in [-0.3, -0.25) is 4.90 Å². The standard InChI is InChI=1S/C15H16N2O2/c1-2-3-6-12-10-17(15(16)19)13-8-5-4-7-11(13)9-14(12)18/h2-8,10,14,18H,1,9H2,(H2,16,19)/b6-3-. The molecule has 1 aromatic rings. The van der Waals surface area contributed by atoms with Gasteiger partial charge in [0.2, 0.25) is 0 Å². The molecule has 1 atom stereocenters. The molecule has 0 fully saturated rings. The van der Waals surface area contributed by atoms with Gasteiger partial charge in [0.15, 0.2) is 0 Å². The van der Waals surface area contributed by atoms with Gasteiger partial charge in [0.05, 0.1) is 11.8 Å². The lowest BCUT2D eigenvalue weighted by atomic mass is 10.0. The van der Waals surface area contributed by atoms with Gasteiger partial charge in [0.25, 0.3) is 0 Å². The number of hydrogen-bond acceptors (Lipinski definition) is 2. The zero-order chi connectivity index (χ0) is 13.8. The van der Waals surface area contributed by atoms with E-state index in [1.54, 1.807) is 24.4 Å². The average molecular weight is 256 g/mol. The molecule has 4 nitrogen and oxygen atoms in total. The second-order valence-corrected chi connectivity index (χ2v) is 4.28. The zero-order valence-corrected chi connectivity index (χ0v) is 10.5. The van der Waals surface area contributed by atoms with Crippen molar-refractivity contribution in [1.82, 2.24) is 0 Å². The molecule has 4 heteroatoms. The normalized spacial score (nSPS) is 18.7. The fraction of sp³-hybridized carbons (Fsp3) is 0.133.